The van der Waals surface area contributed by atoms with Gasteiger partial charge in [-0.15, -0.1) is 5.10 Å². The van der Waals surface area contributed by atoms with Crippen LogP contribution in [0.15, 0.2) is 52.9 Å². The third kappa shape index (κ3) is 3.96. The quantitative estimate of drug-likeness (QED) is 0.716. The van der Waals surface area contributed by atoms with Crippen molar-refractivity contribution in [1.29, 1.82) is 0 Å². The lowest BCUT2D eigenvalue weighted by Gasteiger charge is -2.16. The third-order valence-corrected chi connectivity index (χ3v) is 4.83. The number of benzene rings is 2. The van der Waals surface area contributed by atoms with Gasteiger partial charge < -0.3 is 14.1 Å². The lowest BCUT2D eigenvalue weighted by Crippen LogP contribution is -2.24. The summed E-state index contributed by atoms with van der Waals surface area (Å²) in [6.07, 6.45) is 0.263. The van der Waals surface area contributed by atoms with Crippen molar-refractivity contribution in [3.05, 3.63) is 65.5 Å². The Bertz CT molecular complexity index is 1030. The Kier molecular flexibility index (Phi) is 4.99. The van der Waals surface area contributed by atoms with Gasteiger partial charge in [-0.2, -0.15) is 0 Å². The fourth-order valence-corrected chi connectivity index (χ4v) is 3.21. The van der Waals surface area contributed by atoms with Crippen LogP contribution in [0.5, 0.6) is 5.75 Å². The van der Waals surface area contributed by atoms with Gasteiger partial charge in [-0.05, 0) is 43.3 Å². The highest BCUT2D eigenvalue weighted by Crippen LogP contribution is 2.32. The first-order chi connectivity index (χ1) is 14.0. The predicted molar refractivity (Wildman–Crippen MR) is 106 cm³/mol. The molecule has 1 atom stereocenters. The summed E-state index contributed by atoms with van der Waals surface area (Å²) in [6.45, 7) is 2.38. The Morgan fingerprint density at radius 1 is 1.14 bits per heavy atom. The molecule has 148 valence electrons. The van der Waals surface area contributed by atoms with Gasteiger partial charge in [0.1, 0.15) is 5.75 Å². The molecule has 1 saturated heterocycles. The van der Waals surface area contributed by atoms with E-state index in [1.807, 2.05) is 31.2 Å². The van der Waals surface area contributed by atoms with Gasteiger partial charge in [-0.3, -0.25) is 14.9 Å². The zero-order valence-electron chi connectivity index (χ0n) is 16.1. The minimum atomic E-state index is -0.331. The summed E-state index contributed by atoms with van der Waals surface area (Å²) in [5.74, 6) is 0.463. The average molecular weight is 392 g/mol. The van der Waals surface area contributed by atoms with Crippen molar-refractivity contribution in [2.75, 3.05) is 23.9 Å². The van der Waals surface area contributed by atoms with Gasteiger partial charge >= 0.3 is 6.01 Å². The minimum Gasteiger partial charge on any atom is -0.497 e. The number of nitrogens with one attached hydrogen (secondary N) is 1. The molecule has 0 radical (unpaired) electrons. The number of anilines is 2. The van der Waals surface area contributed by atoms with E-state index in [1.54, 1.807) is 36.3 Å². The molecule has 0 aliphatic carbocycles. The van der Waals surface area contributed by atoms with Gasteiger partial charge in [0.15, 0.2) is 0 Å². The van der Waals surface area contributed by atoms with Crippen LogP contribution in [0.25, 0.3) is 0 Å². The standard InChI is InChI=1S/C21H20N4O4/c1-13-3-5-14(6-4-13)19(27)22-21-24-23-20(29-21)15-11-18(26)25(12-15)16-7-9-17(28-2)10-8-16/h3-10,15H,11-12H2,1-2H3,(H,22,24,27). The molecule has 2 amide bonds. The van der Waals surface area contributed by atoms with Crippen LogP contribution >= 0.6 is 0 Å². The van der Waals surface area contributed by atoms with E-state index in [2.05, 4.69) is 15.5 Å². The van der Waals surface area contributed by atoms with E-state index < -0.39 is 0 Å². The van der Waals surface area contributed by atoms with E-state index in [0.29, 0.717) is 18.0 Å². The number of aryl methyl sites for hydroxylation is 1. The number of rotatable bonds is 5. The number of carbonyl (C=O) groups is 2. The molecule has 8 heteroatoms. The van der Waals surface area contributed by atoms with Crippen molar-refractivity contribution in [3.8, 4) is 5.75 Å². The van der Waals surface area contributed by atoms with Gasteiger partial charge in [-0.25, -0.2) is 0 Å². The van der Waals surface area contributed by atoms with Crippen LogP contribution in [0.4, 0.5) is 11.7 Å². The van der Waals surface area contributed by atoms with E-state index in [0.717, 1.165) is 17.0 Å². The maximum Gasteiger partial charge on any atom is 0.322 e. The van der Waals surface area contributed by atoms with Crippen LogP contribution in [-0.4, -0.2) is 35.7 Å². The molecule has 8 nitrogen and oxygen atoms in total. The van der Waals surface area contributed by atoms with E-state index in [4.69, 9.17) is 9.15 Å². The van der Waals surface area contributed by atoms with Crippen molar-refractivity contribution in [1.82, 2.24) is 10.2 Å². The van der Waals surface area contributed by atoms with Crippen LogP contribution in [0.1, 0.15) is 34.2 Å². The maximum atomic E-state index is 12.4. The topological polar surface area (TPSA) is 97.6 Å². The number of carbonyl (C=O) groups excluding carboxylic acids is 2. The number of methoxy groups -OCH3 is 1. The SMILES string of the molecule is COc1ccc(N2CC(c3nnc(NC(=O)c4ccc(C)cc4)o3)CC2=O)cc1. The molecule has 29 heavy (non-hydrogen) atoms. The van der Waals surface area contributed by atoms with Crippen molar-refractivity contribution >= 4 is 23.5 Å². The van der Waals surface area contributed by atoms with Gasteiger partial charge in [0.05, 0.1) is 13.0 Å². The molecule has 1 fully saturated rings. The molecule has 2 aromatic carbocycles. The second-order valence-electron chi connectivity index (χ2n) is 6.87. The molecule has 0 bridgehead atoms. The number of hydrogen-bond acceptors (Lipinski definition) is 6. The highest BCUT2D eigenvalue weighted by Gasteiger charge is 2.35. The zero-order chi connectivity index (χ0) is 20.4. The summed E-state index contributed by atoms with van der Waals surface area (Å²) in [6, 6.07) is 14.5. The molecule has 2 heterocycles. The van der Waals surface area contributed by atoms with Gasteiger partial charge in [0.2, 0.25) is 11.8 Å². The number of nitrogens with zero attached hydrogens (tertiary/aromatic N) is 3. The Morgan fingerprint density at radius 2 is 1.86 bits per heavy atom. The fourth-order valence-electron chi connectivity index (χ4n) is 3.21. The van der Waals surface area contributed by atoms with Crippen LogP contribution < -0.4 is 15.0 Å². The molecule has 1 aromatic heterocycles. The van der Waals surface area contributed by atoms with Crippen molar-refractivity contribution in [2.45, 2.75) is 19.3 Å². The summed E-state index contributed by atoms with van der Waals surface area (Å²) < 4.78 is 10.7. The molecule has 3 aromatic rings. The Labute approximate surface area is 167 Å². The van der Waals surface area contributed by atoms with E-state index in [9.17, 15) is 9.59 Å². The van der Waals surface area contributed by atoms with Crippen molar-refractivity contribution in [3.63, 3.8) is 0 Å². The molecule has 1 aliphatic rings. The van der Waals surface area contributed by atoms with E-state index >= 15 is 0 Å². The molecular weight excluding hydrogens is 372 g/mol. The summed E-state index contributed by atoms with van der Waals surface area (Å²) >= 11 is 0. The first kappa shape index (κ1) is 18.7. The fraction of sp³-hybridized carbons (Fsp3) is 0.238. The molecule has 0 saturated carbocycles. The van der Waals surface area contributed by atoms with E-state index in [-0.39, 0.29) is 30.2 Å². The largest absolute Gasteiger partial charge is 0.497 e. The van der Waals surface area contributed by atoms with Crippen LogP contribution in [0.2, 0.25) is 0 Å². The summed E-state index contributed by atoms with van der Waals surface area (Å²) in [5.41, 5.74) is 2.34. The minimum absolute atomic E-state index is 0.0147. The second-order valence-corrected chi connectivity index (χ2v) is 6.87. The number of amides is 2. The van der Waals surface area contributed by atoms with Crippen molar-refractivity contribution in [2.24, 2.45) is 0 Å². The Morgan fingerprint density at radius 3 is 2.55 bits per heavy atom. The first-order valence-corrected chi connectivity index (χ1v) is 9.19. The third-order valence-electron chi connectivity index (χ3n) is 4.83. The highest BCUT2D eigenvalue weighted by atomic mass is 16.5. The summed E-state index contributed by atoms with van der Waals surface area (Å²) in [5, 5.41) is 10.5. The summed E-state index contributed by atoms with van der Waals surface area (Å²) in [4.78, 5) is 26.4. The van der Waals surface area contributed by atoms with Gasteiger partial charge in [-0.1, -0.05) is 22.8 Å². The second kappa shape index (κ2) is 7.75. The Hall–Kier alpha value is -3.68. The number of ether oxygens (including phenoxy) is 1. The average Bonchev–Trinajstić information content (AvgIpc) is 3.35. The smallest absolute Gasteiger partial charge is 0.322 e. The number of aromatic nitrogens is 2. The van der Waals surface area contributed by atoms with Gasteiger partial charge in [0.25, 0.3) is 5.91 Å². The molecule has 1 unspecified atom stereocenters. The molecule has 1 aliphatic heterocycles. The van der Waals surface area contributed by atoms with Crippen molar-refractivity contribution < 1.29 is 18.7 Å². The zero-order valence-corrected chi connectivity index (χ0v) is 16.1. The summed E-state index contributed by atoms with van der Waals surface area (Å²) in [7, 11) is 1.59. The van der Waals surface area contributed by atoms with Gasteiger partial charge in [0, 0.05) is 24.2 Å². The lowest BCUT2D eigenvalue weighted by molar-refractivity contribution is -0.117. The van der Waals surface area contributed by atoms with Crippen LogP contribution in [0, 0.1) is 6.92 Å². The monoisotopic (exact) mass is 392 g/mol. The Balaban J connectivity index is 1.43. The molecule has 1 N–H and O–H groups in total. The molecular formula is C21H20N4O4. The lowest BCUT2D eigenvalue weighted by atomic mass is 10.1. The normalized spacial score (nSPS) is 16.1. The first-order valence-electron chi connectivity index (χ1n) is 9.19. The van der Waals surface area contributed by atoms with Crippen LogP contribution in [-0.2, 0) is 4.79 Å². The predicted octanol–water partition coefficient (Wildman–Crippen LogP) is 3.16. The molecule has 0 spiro atoms. The maximum absolute atomic E-state index is 12.4. The van der Waals surface area contributed by atoms with Crippen LogP contribution in [0.3, 0.4) is 0 Å². The van der Waals surface area contributed by atoms with E-state index in [1.165, 1.54) is 0 Å². The highest BCUT2D eigenvalue weighted by molar-refractivity contribution is 6.03. The molecule has 4 rings (SSSR count). The number of hydrogen-bond donors (Lipinski definition) is 1.